The van der Waals surface area contributed by atoms with E-state index in [4.69, 9.17) is 5.26 Å². The standard InChI is InChI=1S/C20H13BrF6N6O2/c1-10(16-31-18(21)32-33(16)15-3-2-11(7-28)8-29-15)30-17(34)12-4-13(20(25,26)27)6-14(5-12)35-9-19(22,23)24/h2-6,8,10H,9H2,1H3,(H,30,34). The largest absolute Gasteiger partial charge is 0.484 e. The summed E-state index contributed by atoms with van der Waals surface area (Å²) in [6.45, 7) is -0.371. The highest BCUT2D eigenvalue weighted by Gasteiger charge is 2.33. The number of nitrogens with one attached hydrogen (secondary N) is 1. The first-order chi connectivity index (χ1) is 16.3. The van der Waals surface area contributed by atoms with E-state index in [-0.39, 0.29) is 21.9 Å². The minimum absolute atomic E-state index is 0.113. The number of ether oxygens (including phenoxy) is 1. The maximum Gasteiger partial charge on any atom is 0.422 e. The Morgan fingerprint density at radius 1 is 1.23 bits per heavy atom. The summed E-state index contributed by atoms with van der Waals surface area (Å²) in [6.07, 6.45) is -8.45. The molecule has 15 heteroatoms. The molecule has 35 heavy (non-hydrogen) atoms. The molecule has 0 radical (unpaired) electrons. The van der Waals surface area contributed by atoms with Crippen LogP contribution < -0.4 is 10.1 Å². The third-order valence-corrected chi connectivity index (χ3v) is 4.67. The highest BCUT2D eigenvalue weighted by atomic mass is 79.9. The molecule has 0 aliphatic heterocycles. The van der Waals surface area contributed by atoms with Gasteiger partial charge in [-0.05, 0) is 53.2 Å². The van der Waals surface area contributed by atoms with Gasteiger partial charge in [0.05, 0.1) is 17.2 Å². The van der Waals surface area contributed by atoms with Crippen LogP contribution in [0.1, 0.15) is 40.3 Å². The summed E-state index contributed by atoms with van der Waals surface area (Å²) < 4.78 is 82.9. The molecule has 1 amide bonds. The maximum atomic E-state index is 13.2. The van der Waals surface area contributed by atoms with Crippen molar-refractivity contribution in [3.63, 3.8) is 0 Å². The lowest BCUT2D eigenvalue weighted by molar-refractivity contribution is -0.153. The lowest BCUT2D eigenvalue weighted by Crippen LogP contribution is -2.29. The van der Waals surface area contributed by atoms with Crippen molar-refractivity contribution in [3.05, 3.63) is 63.8 Å². The minimum Gasteiger partial charge on any atom is -0.484 e. The van der Waals surface area contributed by atoms with Crippen LogP contribution in [-0.4, -0.2) is 38.4 Å². The molecule has 8 nitrogen and oxygen atoms in total. The van der Waals surface area contributed by atoms with Crippen LogP contribution in [0, 0.1) is 11.3 Å². The van der Waals surface area contributed by atoms with Gasteiger partial charge in [0.15, 0.2) is 18.2 Å². The number of benzene rings is 1. The highest BCUT2D eigenvalue weighted by Crippen LogP contribution is 2.33. The Hall–Kier alpha value is -3.67. The van der Waals surface area contributed by atoms with Gasteiger partial charge < -0.3 is 10.1 Å². The molecule has 1 aromatic carbocycles. The lowest BCUT2D eigenvalue weighted by Gasteiger charge is -2.17. The van der Waals surface area contributed by atoms with E-state index in [0.29, 0.717) is 12.1 Å². The number of hydrogen-bond donors (Lipinski definition) is 1. The SMILES string of the molecule is CC(NC(=O)c1cc(OCC(F)(F)F)cc(C(F)(F)F)c1)c1nc(Br)nn1-c1ccc(C#N)cn1. The van der Waals surface area contributed by atoms with Crippen LogP contribution in [0.2, 0.25) is 0 Å². The van der Waals surface area contributed by atoms with Crippen LogP contribution in [0.25, 0.3) is 5.82 Å². The number of halogens is 7. The van der Waals surface area contributed by atoms with E-state index < -0.39 is 47.8 Å². The molecule has 0 aliphatic rings. The highest BCUT2D eigenvalue weighted by molar-refractivity contribution is 9.10. The average molecular weight is 563 g/mol. The van der Waals surface area contributed by atoms with Crippen LogP contribution in [0.15, 0.2) is 41.3 Å². The van der Waals surface area contributed by atoms with E-state index in [0.717, 1.165) is 6.07 Å². The predicted molar refractivity (Wildman–Crippen MR) is 110 cm³/mol. The Balaban J connectivity index is 1.89. The molecule has 2 heterocycles. The van der Waals surface area contributed by atoms with Crippen molar-refractivity contribution in [1.29, 1.82) is 5.26 Å². The number of aromatic nitrogens is 4. The van der Waals surface area contributed by atoms with Crippen LogP contribution in [0.3, 0.4) is 0 Å². The van der Waals surface area contributed by atoms with Gasteiger partial charge >= 0.3 is 12.4 Å². The van der Waals surface area contributed by atoms with E-state index in [1.54, 1.807) is 0 Å². The molecule has 3 rings (SSSR count). The van der Waals surface area contributed by atoms with Crippen molar-refractivity contribution in [3.8, 4) is 17.6 Å². The van der Waals surface area contributed by atoms with E-state index >= 15 is 0 Å². The minimum atomic E-state index is -4.94. The maximum absolute atomic E-state index is 13.2. The van der Waals surface area contributed by atoms with E-state index in [1.807, 2.05) is 6.07 Å². The molecule has 184 valence electrons. The van der Waals surface area contributed by atoms with E-state index in [9.17, 15) is 31.1 Å². The number of carbonyl (C=O) groups excluding carboxylic acids is 1. The third kappa shape index (κ3) is 6.69. The first-order valence-corrected chi connectivity index (χ1v) is 10.3. The molecule has 0 fully saturated rings. The second kappa shape index (κ2) is 9.90. The summed E-state index contributed by atoms with van der Waals surface area (Å²) >= 11 is 3.09. The Kier molecular flexibility index (Phi) is 7.34. The van der Waals surface area contributed by atoms with Gasteiger partial charge in [0.1, 0.15) is 11.8 Å². The van der Waals surface area contributed by atoms with Crippen LogP contribution in [0.5, 0.6) is 5.75 Å². The summed E-state index contributed by atoms with van der Waals surface area (Å²) in [5, 5.41) is 15.4. The second-order valence-electron chi connectivity index (χ2n) is 7.01. The van der Waals surface area contributed by atoms with Gasteiger partial charge in [0, 0.05) is 11.8 Å². The van der Waals surface area contributed by atoms with Gasteiger partial charge in [0.25, 0.3) is 5.91 Å². The average Bonchev–Trinajstić information content (AvgIpc) is 3.18. The number of nitriles is 1. The second-order valence-corrected chi connectivity index (χ2v) is 7.72. The fourth-order valence-electron chi connectivity index (χ4n) is 2.81. The van der Waals surface area contributed by atoms with Crippen molar-refractivity contribution in [2.75, 3.05) is 6.61 Å². The zero-order valence-electron chi connectivity index (χ0n) is 17.4. The van der Waals surface area contributed by atoms with Gasteiger partial charge in [-0.2, -0.15) is 36.3 Å². The molecule has 1 unspecified atom stereocenters. The Morgan fingerprint density at radius 2 is 1.94 bits per heavy atom. The lowest BCUT2D eigenvalue weighted by atomic mass is 10.1. The van der Waals surface area contributed by atoms with Gasteiger partial charge in [-0.3, -0.25) is 4.79 Å². The summed E-state index contributed by atoms with van der Waals surface area (Å²) in [5.74, 6) is -1.44. The molecule has 0 saturated carbocycles. The Labute approximate surface area is 201 Å². The normalized spacial score (nSPS) is 12.7. The number of pyridine rings is 1. The molecule has 2 aromatic heterocycles. The molecular formula is C20H13BrF6N6O2. The quantitative estimate of drug-likeness (QED) is 0.435. The first-order valence-electron chi connectivity index (χ1n) is 9.48. The van der Waals surface area contributed by atoms with Crippen molar-refractivity contribution < 1.29 is 35.9 Å². The molecule has 0 bridgehead atoms. The van der Waals surface area contributed by atoms with Gasteiger partial charge in [-0.1, -0.05) is 0 Å². The summed E-state index contributed by atoms with van der Waals surface area (Å²) in [5.41, 5.74) is -1.66. The topological polar surface area (TPSA) is 106 Å². The van der Waals surface area contributed by atoms with E-state index in [2.05, 4.69) is 41.1 Å². The number of alkyl halides is 6. The van der Waals surface area contributed by atoms with Crippen LogP contribution in [-0.2, 0) is 6.18 Å². The monoisotopic (exact) mass is 562 g/mol. The third-order valence-electron chi connectivity index (χ3n) is 4.33. The number of nitrogens with zero attached hydrogens (tertiary/aromatic N) is 5. The van der Waals surface area contributed by atoms with Gasteiger partial charge in [-0.15, -0.1) is 5.10 Å². The molecular weight excluding hydrogens is 550 g/mol. The van der Waals surface area contributed by atoms with Gasteiger partial charge in [0.2, 0.25) is 4.73 Å². The number of hydrogen-bond acceptors (Lipinski definition) is 6. The molecule has 0 spiro atoms. The number of amides is 1. The summed E-state index contributed by atoms with van der Waals surface area (Å²) in [6, 6.07) is 5.53. The number of carbonyl (C=O) groups is 1. The smallest absolute Gasteiger partial charge is 0.422 e. The van der Waals surface area contributed by atoms with Crippen molar-refractivity contribution in [1.82, 2.24) is 25.1 Å². The Bertz CT molecular complexity index is 1270. The van der Waals surface area contributed by atoms with Gasteiger partial charge in [-0.25, -0.2) is 9.97 Å². The zero-order valence-corrected chi connectivity index (χ0v) is 19.0. The summed E-state index contributed by atoms with van der Waals surface area (Å²) in [7, 11) is 0. The van der Waals surface area contributed by atoms with Crippen LogP contribution >= 0.6 is 15.9 Å². The molecule has 0 saturated heterocycles. The first kappa shape index (κ1) is 25.9. The van der Waals surface area contributed by atoms with Crippen molar-refractivity contribution in [2.45, 2.75) is 25.3 Å². The fourth-order valence-corrected chi connectivity index (χ4v) is 3.15. The van der Waals surface area contributed by atoms with E-state index in [1.165, 1.54) is 29.9 Å². The predicted octanol–water partition coefficient (Wildman–Crippen LogP) is 4.75. The number of rotatable bonds is 6. The molecule has 1 atom stereocenters. The zero-order chi connectivity index (χ0) is 26.0. The molecule has 0 aliphatic carbocycles. The van der Waals surface area contributed by atoms with Crippen molar-refractivity contribution in [2.24, 2.45) is 0 Å². The molecule has 3 aromatic rings. The fraction of sp³-hybridized carbons (Fsp3) is 0.250. The molecule has 1 N–H and O–H groups in total. The van der Waals surface area contributed by atoms with Crippen LogP contribution in [0.4, 0.5) is 26.3 Å². The van der Waals surface area contributed by atoms with Crippen molar-refractivity contribution >= 4 is 21.8 Å². The summed E-state index contributed by atoms with van der Waals surface area (Å²) in [4.78, 5) is 20.9. The Morgan fingerprint density at radius 3 is 2.51 bits per heavy atom.